The van der Waals surface area contributed by atoms with Gasteiger partial charge in [-0.05, 0) is 54.6 Å². The lowest BCUT2D eigenvalue weighted by Gasteiger charge is -2.11. The van der Waals surface area contributed by atoms with Gasteiger partial charge in [0, 0.05) is 22.5 Å². The van der Waals surface area contributed by atoms with E-state index >= 15 is 0 Å². The SMILES string of the molecule is O=C(CNC(=O)c1ccc(NS(=O)(=O)c2cc(Cl)ccc2Cl)cc1)Nc1cccnc1. The Morgan fingerprint density at radius 2 is 1.71 bits per heavy atom. The fraction of sp³-hybridized carbons (Fsp3) is 0.0500. The lowest BCUT2D eigenvalue weighted by molar-refractivity contribution is -0.115. The van der Waals surface area contributed by atoms with Crippen molar-refractivity contribution in [1.82, 2.24) is 10.3 Å². The van der Waals surface area contributed by atoms with Crippen LogP contribution >= 0.6 is 23.2 Å². The minimum absolute atomic E-state index is 0.0254. The van der Waals surface area contributed by atoms with Crippen molar-refractivity contribution in [2.24, 2.45) is 0 Å². The summed E-state index contributed by atoms with van der Waals surface area (Å²) >= 11 is 11.8. The van der Waals surface area contributed by atoms with E-state index < -0.39 is 21.8 Å². The van der Waals surface area contributed by atoms with Gasteiger partial charge in [-0.2, -0.15) is 0 Å². The van der Waals surface area contributed by atoms with Crippen LogP contribution < -0.4 is 15.4 Å². The van der Waals surface area contributed by atoms with E-state index in [1.807, 2.05) is 0 Å². The van der Waals surface area contributed by atoms with Crippen molar-refractivity contribution in [1.29, 1.82) is 0 Å². The molecule has 1 heterocycles. The average molecular weight is 479 g/mol. The van der Waals surface area contributed by atoms with E-state index in [-0.39, 0.29) is 32.7 Å². The summed E-state index contributed by atoms with van der Waals surface area (Å²) < 4.78 is 27.5. The molecule has 0 radical (unpaired) electrons. The molecule has 3 rings (SSSR count). The summed E-state index contributed by atoms with van der Waals surface area (Å²) in [6, 6.07) is 13.1. The van der Waals surface area contributed by atoms with Crippen molar-refractivity contribution >= 4 is 56.4 Å². The van der Waals surface area contributed by atoms with Crippen LogP contribution in [0.4, 0.5) is 11.4 Å². The molecule has 0 saturated heterocycles. The first-order chi connectivity index (χ1) is 14.7. The van der Waals surface area contributed by atoms with Crippen molar-refractivity contribution in [3.8, 4) is 0 Å². The van der Waals surface area contributed by atoms with Gasteiger partial charge in [0.2, 0.25) is 5.91 Å². The van der Waals surface area contributed by atoms with Gasteiger partial charge in [0.25, 0.3) is 15.9 Å². The number of amides is 2. The van der Waals surface area contributed by atoms with E-state index in [9.17, 15) is 18.0 Å². The molecule has 0 aliphatic rings. The topological polar surface area (TPSA) is 117 Å². The highest BCUT2D eigenvalue weighted by Crippen LogP contribution is 2.26. The highest BCUT2D eigenvalue weighted by molar-refractivity contribution is 7.92. The van der Waals surface area contributed by atoms with Crippen LogP contribution in [-0.4, -0.2) is 31.8 Å². The van der Waals surface area contributed by atoms with Gasteiger partial charge in [0.15, 0.2) is 0 Å². The summed E-state index contributed by atoms with van der Waals surface area (Å²) in [5.41, 5.74) is 0.984. The van der Waals surface area contributed by atoms with E-state index in [0.29, 0.717) is 5.69 Å². The Bertz CT molecular complexity index is 1200. The van der Waals surface area contributed by atoms with Crippen LogP contribution in [0.25, 0.3) is 0 Å². The molecule has 3 aromatic rings. The Labute approximate surface area is 188 Å². The third kappa shape index (κ3) is 6.17. The molecule has 0 spiro atoms. The smallest absolute Gasteiger partial charge is 0.263 e. The van der Waals surface area contributed by atoms with Crippen LogP contribution in [-0.2, 0) is 14.8 Å². The molecule has 31 heavy (non-hydrogen) atoms. The second-order valence-electron chi connectivity index (χ2n) is 6.23. The third-order valence-corrected chi connectivity index (χ3v) is 6.03. The molecule has 8 nitrogen and oxygen atoms in total. The number of sulfonamides is 1. The molecule has 160 valence electrons. The van der Waals surface area contributed by atoms with Gasteiger partial charge in [-0.1, -0.05) is 23.2 Å². The van der Waals surface area contributed by atoms with Crippen LogP contribution in [0.3, 0.4) is 0 Å². The summed E-state index contributed by atoms with van der Waals surface area (Å²) in [5, 5.41) is 5.33. The molecule has 0 unspecified atom stereocenters. The number of carbonyl (C=O) groups is 2. The summed E-state index contributed by atoms with van der Waals surface area (Å²) in [7, 11) is -3.98. The molecular formula is C20H16Cl2N4O4S. The van der Waals surface area contributed by atoms with E-state index in [2.05, 4.69) is 20.3 Å². The summed E-state index contributed by atoms with van der Waals surface area (Å²) in [6.45, 7) is -0.241. The molecule has 0 fully saturated rings. The average Bonchev–Trinajstić information content (AvgIpc) is 2.74. The van der Waals surface area contributed by atoms with Crippen molar-refractivity contribution in [2.75, 3.05) is 16.6 Å². The molecule has 0 atom stereocenters. The fourth-order valence-corrected chi connectivity index (χ4v) is 4.31. The van der Waals surface area contributed by atoms with Crippen LogP contribution in [0.1, 0.15) is 10.4 Å². The van der Waals surface area contributed by atoms with Crippen LogP contribution in [0.15, 0.2) is 71.9 Å². The first kappa shape index (κ1) is 22.5. The number of aromatic nitrogens is 1. The normalized spacial score (nSPS) is 10.9. The molecule has 2 aromatic carbocycles. The second kappa shape index (κ2) is 9.78. The lowest BCUT2D eigenvalue weighted by Crippen LogP contribution is -2.32. The molecule has 11 heteroatoms. The number of benzene rings is 2. The molecular weight excluding hydrogens is 463 g/mol. The molecule has 0 aliphatic carbocycles. The van der Waals surface area contributed by atoms with Crippen molar-refractivity contribution < 1.29 is 18.0 Å². The molecule has 0 aliphatic heterocycles. The zero-order valence-corrected chi connectivity index (χ0v) is 18.1. The predicted molar refractivity (Wildman–Crippen MR) is 119 cm³/mol. The number of rotatable bonds is 7. The van der Waals surface area contributed by atoms with Gasteiger partial charge in [-0.25, -0.2) is 8.42 Å². The van der Waals surface area contributed by atoms with Gasteiger partial charge in [-0.3, -0.25) is 19.3 Å². The zero-order valence-electron chi connectivity index (χ0n) is 15.8. The maximum Gasteiger partial charge on any atom is 0.263 e. The van der Waals surface area contributed by atoms with E-state index in [1.54, 1.807) is 18.3 Å². The van der Waals surface area contributed by atoms with Crippen molar-refractivity contribution in [3.63, 3.8) is 0 Å². The summed E-state index contributed by atoms with van der Waals surface area (Å²) in [6.07, 6.45) is 3.06. The van der Waals surface area contributed by atoms with Crippen molar-refractivity contribution in [2.45, 2.75) is 4.90 Å². The number of halogens is 2. The third-order valence-electron chi connectivity index (χ3n) is 3.94. The van der Waals surface area contributed by atoms with Crippen LogP contribution in [0.5, 0.6) is 0 Å². The highest BCUT2D eigenvalue weighted by atomic mass is 35.5. The quantitative estimate of drug-likeness (QED) is 0.479. The van der Waals surface area contributed by atoms with Crippen molar-refractivity contribution in [3.05, 3.63) is 82.6 Å². The Hall–Kier alpha value is -3.14. The van der Waals surface area contributed by atoms with E-state index in [4.69, 9.17) is 23.2 Å². The van der Waals surface area contributed by atoms with Gasteiger partial charge < -0.3 is 10.6 Å². The number of pyridine rings is 1. The van der Waals surface area contributed by atoms with E-state index in [0.717, 1.165) is 0 Å². The molecule has 0 saturated carbocycles. The summed E-state index contributed by atoms with van der Waals surface area (Å²) in [4.78, 5) is 27.8. The molecule has 0 bridgehead atoms. The van der Waals surface area contributed by atoms with Gasteiger partial charge in [0.1, 0.15) is 4.90 Å². The minimum atomic E-state index is -3.98. The maximum absolute atomic E-state index is 12.5. The van der Waals surface area contributed by atoms with Crippen LogP contribution in [0, 0.1) is 0 Å². The fourth-order valence-electron chi connectivity index (χ4n) is 2.49. The summed E-state index contributed by atoms with van der Waals surface area (Å²) in [5.74, 6) is -0.905. The number of anilines is 2. The Morgan fingerprint density at radius 3 is 2.39 bits per heavy atom. The number of nitrogens with zero attached hydrogens (tertiary/aromatic N) is 1. The Balaban J connectivity index is 1.60. The largest absolute Gasteiger partial charge is 0.343 e. The molecule has 2 amide bonds. The second-order valence-corrected chi connectivity index (χ2v) is 8.72. The predicted octanol–water partition coefficient (Wildman–Crippen LogP) is 3.56. The molecule has 1 aromatic heterocycles. The Morgan fingerprint density at radius 1 is 0.968 bits per heavy atom. The van der Waals surface area contributed by atoms with Gasteiger partial charge >= 0.3 is 0 Å². The zero-order chi connectivity index (χ0) is 22.4. The van der Waals surface area contributed by atoms with Crippen LogP contribution in [0.2, 0.25) is 10.0 Å². The maximum atomic E-state index is 12.5. The Kier molecular flexibility index (Phi) is 7.11. The minimum Gasteiger partial charge on any atom is -0.343 e. The number of hydrogen-bond acceptors (Lipinski definition) is 5. The highest BCUT2D eigenvalue weighted by Gasteiger charge is 2.19. The monoisotopic (exact) mass is 478 g/mol. The lowest BCUT2D eigenvalue weighted by atomic mass is 10.2. The number of carbonyl (C=O) groups excluding carboxylic acids is 2. The van der Waals surface area contributed by atoms with Gasteiger partial charge in [-0.15, -0.1) is 0 Å². The first-order valence-electron chi connectivity index (χ1n) is 8.80. The van der Waals surface area contributed by atoms with Gasteiger partial charge in [0.05, 0.1) is 23.5 Å². The number of nitrogens with one attached hydrogen (secondary N) is 3. The standard InChI is InChI=1S/C20H16Cl2N4O4S/c21-14-5-8-17(22)18(10-14)31(29,30)26-15-6-3-13(4-7-15)20(28)24-12-19(27)25-16-2-1-9-23-11-16/h1-11,26H,12H2,(H,24,28)(H,25,27). The number of hydrogen-bond donors (Lipinski definition) is 3. The van der Waals surface area contributed by atoms with E-state index in [1.165, 1.54) is 48.7 Å². The molecule has 3 N–H and O–H groups in total. The first-order valence-corrected chi connectivity index (χ1v) is 11.0.